The highest BCUT2D eigenvalue weighted by Crippen LogP contribution is 2.32. The fourth-order valence-electron chi connectivity index (χ4n) is 2.98. The molecule has 0 atom stereocenters. The molecule has 0 fully saturated rings. The number of nitrogens with one attached hydrogen (secondary N) is 1. The number of fused-ring (bicyclic) bond motifs is 1. The summed E-state index contributed by atoms with van der Waals surface area (Å²) in [7, 11) is 0. The fraction of sp³-hybridized carbons (Fsp3) is 0.0870. The van der Waals surface area contributed by atoms with Gasteiger partial charge in [0.1, 0.15) is 0 Å². The van der Waals surface area contributed by atoms with Crippen molar-refractivity contribution in [3.05, 3.63) is 95.6 Å². The zero-order chi connectivity index (χ0) is 18.5. The molecule has 0 radical (unpaired) electrons. The van der Waals surface area contributed by atoms with Crippen molar-refractivity contribution in [2.24, 2.45) is 0 Å². The smallest absolute Gasteiger partial charge is 0.248 e. The zero-order valence-corrected chi connectivity index (χ0v) is 14.7. The van der Waals surface area contributed by atoms with Gasteiger partial charge in [-0.25, -0.2) is 0 Å². The minimum Gasteiger partial charge on any atom is -0.454 e. The van der Waals surface area contributed by atoms with Gasteiger partial charge in [-0.1, -0.05) is 54.6 Å². The molecule has 4 rings (SSSR count). The molecule has 1 aliphatic heterocycles. The Morgan fingerprint density at radius 1 is 0.926 bits per heavy atom. The minimum absolute atomic E-state index is 0.173. The fourth-order valence-corrected chi connectivity index (χ4v) is 2.98. The Labute approximate surface area is 158 Å². The number of carbonyl (C=O) groups is 1. The summed E-state index contributed by atoms with van der Waals surface area (Å²) in [5, 5.41) is 2.97. The summed E-state index contributed by atoms with van der Waals surface area (Å²) in [5.41, 5.74) is 3.98. The van der Waals surface area contributed by atoms with Crippen molar-refractivity contribution >= 4 is 17.7 Å². The van der Waals surface area contributed by atoms with E-state index in [0.717, 1.165) is 29.0 Å². The standard InChI is InChI=1S/C23H19NO3/c25-23(13-11-18-10-12-21-22(15-18)27-16-26-21)24-20-9-5-4-8-19(20)14-17-6-2-1-3-7-17/h1-13,15H,14,16H2,(H,24,25)/b13-11+. The van der Waals surface area contributed by atoms with Gasteiger partial charge in [0, 0.05) is 11.8 Å². The molecule has 1 heterocycles. The molecule has 0 aliphatic carbocycles. The summed E-state index contributed by atoms with van der Waals surface area (Å²) in [6.07, 6.45) is 4.05. The van der Waals surface area contributed by atoms with Crippen LogP contribution < -0.4 is 14.8 Å². The average molecular weight is 357 g/mol. The van der Waals surface area contributed by atoms with Crippen molar-refractivity contribution in [2.45, 2.75) is 6.42 Å². The SMILES string of the molecule is O=C(/C=C/c1ccc2c(c1)OCO2)Nc1ccccc1Cc1ccccc1. The summed E-state index contributed by atoms with van der Waals surface area (Å²) in [5.74, 6) is 1.25. The highest BCUT2D eigenvalue weighted by molar-refractivity contribution is 6.02. The summed E-state index contributed by atoms with van der Waals surface area (Å²) in [6, 6.07) is 23.6. The van der Waals surface area contributed by atoms with Crippen LogP contribution in [0.4, 0.5) is 5.69 Å². The Bertz CT molecular complexity index is 980. The molecule has 1 aliphatic rings. The van der Waals surface area contributed by atoms with Gasteiger partial charge in [0.15, 0.2) is 11.5 Å². The Balaban J connectivity index is 1.45. The maximum atomic E-state index is 12.4. The number of hydrogen-bond donors (Lipinski definition) is 1. The quantitative estimate of drug-likeness (QED) is 0.676. The van der Waals surface area contributed by atoms with Gasteiger partial charge in [-0.2, -0.15) is 0 Å². The molecular formula is C23H19NO3. The van der Waals surface area contributed by atoms with Gasteiger partial charge in [-0.15, -0.1) is 0 Å². The van der Waals surface area contributed by atoms with Crippen molar-refractivity contribution < 1.29 is 14.3 Å². The number of carbonyl (C=O) groups excluding carboxylic acids is 1. The van der Waals surface area contributed by atoms with Gasteiger partial charge in [0.05, 0.1) is 0 Å². The van der Waals surface area contributed by atoms with E-state index >= 15 is 0 Å². The van der Waals surface area contributed by atoms with Crippen molar-refractivity contribution in [1.82, 2.24) is 0 Å². The molecule has 3 aromatic rings. The molecule has 134 valence electrons. The number of ether oxygens (including phenoxy) is 2. The number of hydrogen-bond acceptors (Lipinski definition) is 3. The molecule has 27 heavy (non-hydrogen) atoms. The molecule has 0 unspecified atom stereocenters. The highest BCUT2D eigenvalue weighted by Gasteiger charge is 2.12. The van der Waals surface area contributed by atoms with Gasteiger partial charge in [-0.3, -0.25) is 4.79 Å². The maximum absolute atomic E-state index is 12.4. The van der Waals surface area contributed by atoms with Crippen LogP contribution in [0.25, 0.3) is 6.08 Å². The van der Waals surface area contributed by atoms with E-state index in [-0.39, 0.29) is 12.7 Å². The first kappa shape index (κ1) is 16.9. The molecular weight excluding hydrogens is 338 g/mol. The van der Waals surface area contributed by atoms with Crippen molar-refractivity contribution in [1.29, 1.82) is 0 Å². The molecule has 0 saturated heterocycles. The van der Waals surface area contributed by atoms with E-state index in [4.69, 9.17) is 9.47 Å². The molecule has 1 N–H and O–H groups in total. The third kappa shape index (κ3) is 4.18. The first-order valence-electron chi connectivity index (χ1n) is 8.78. The average Bonchev–Trinajstić information content (AvgIpc) is 3.17. The van der Waals surface area contributed by atoms with Crippen LogP contribution in [-0.2, 0) is 11.2 Å². The van der Waals surface area contributed by atoms with E-state index in [2.05, 4.69) is 17.4 Å². The highest BCUT2D eigenvalue weighted by atomic mass is 16.7. The van der Waals surface area contributed by atoms with Gasteiger partial charge in [0.2, 0.25) is 12.7 Å². The Hall–Kier alpha value is -3.53. The molecule has 3 aromatic carbocycles. The third-order valence-electron chi connectivity index (χ3n) is 4.34. The number of para-hydroxylation sites is 1. The minimum atomic E-state index is -0.173. The molecule has 0 bridgehead atoms. The third-order valence-corrected chi connectivity index (χ3v) is 4.34. The van der Waals surface area contributed by atoms with Crippen LogP contribution in [0.3, 0.4) is 0 Å². The van der Waals surface area contributed by atoms with Crippen molar-refractivity contribution in [3.63, 3.8) is 0 Å². The zero-order valence-electron chi connectivity index (χ0n) is 14.7. The molecule has 0 spiro atoms. The second-order valence-corrected chi connectivity index (χ2v) is 6.25. The maximum Gasteiger partial charge on any atom is 0.248 e. The lowest BCUT2D eigenvalue weighted by Gasteiger charge is -2.10. The lowest BCUT2D eigenvalue weighted by Crippen LogP contribution is -2.10. The van der Waals surface area contributed by atoms with Crippen LogP contribution in [0.15, 0.2) is 78.9 Å². The first-order valence-corrected chi connectivity index (χ1v) is 8.78. The summed E-state index contributed by atoms with van der Waals surface area (Å²) >= 11 is 0. The Morgan fingerprint density at radius 3 is 2.59 bits per heavy atom. The van der Waals surface area contributed by atoms with E-state index in [1.807, 2.05) is 60.7 Å². The monoisotopic (exact) mass is 357 g/mol. The van der Waals surface area contributed by atoms with Crippen molar-refractivity contribution in [2.75, 3.05) is 12.1 Å². The molecule has 4 nitrogen and oxygen atoms in total. The predicted molar refractivity (Wildman–Crippen MR) is 106 cm³/mol. The second-order valence-electron chi connectivity index (χ2n) is 6.25. The first-order chi connectivity index (χ1) is 13.3. The molecule has 0 saturated carbocycles. The van der Waals surface area contributed by atoms with Crippen LogP contribution in [0, 0.1) is 0 Å². The van der Waals surface area contributed by atoms with Gasteiger partial charge in [0.25, 0.3) is 0 Å². The number of benzene rings is 3. The summed E-state index contributed by atoms with van der Waals surface area (Å²) in [6.45, 7) is 0.237. The lowest BCUT2D eigenvalue weighted by molar-refractivity contribution is -0.111. The van der Waals surface area contributed by atoms with Crippen LogP contribution in [-0.4, -0.2) is 12.7 Å². The topological polar surface area (TPSA) is 47.6 Å². The summed E-state index contributed by atoms with van der Waals surface area (Å²) < 4.78 is 10.7. The van der Waals surface area contributed by atoms with E-state index < -0.39 is 0 Å². The van der Waals surface area contributed by atoms with Gasteiger partial charge in [-0.05, 0) is 47.4 Å². The van der Waals surface area contributed by atoms with Gasteiger partial charge >= 0.3 is 0 Å². The normalized spacial score (nSPS) is 12.3. The lowest BCUT2D eigenvalue weighted by atomic mass is 10.0. The molecule has 1 amide bonds. The van der Waals surface area contributed by atoms with Gasteiger partial charge < -0.3 is 14.8 Å². The number of amides is 1. The Morgan fingerprint density at radius 2 is 1.70 bits per heavy atom. The van der Waals surface area contributed by atoms with Crippen LogP contribution in [0.2, 0.25) is 0 Å². The van der Waals surface area contributed by atoms with Crippen LogP contribution >= 0.6 is 0 Å². The Kier molecular flexibility index (Phi) is 4.88. The largest absolute Gasteiger partial charge is 0.454 e. The molecule has 4 heteroatoms. The van der Waals surface area contributed by atoms with Crippen molar-refractivity contribution in [3.8, 4) is 11.5 Å². The number of rotatable bonds is 5. The summed E-state index contributed by atoms with van der Waals surface area (Å²) in [4.78, 5) is 12.4. The van der Waals surface area contributed by atoms with E-state index in [1.54, 1.807) is 6.08 Å². The van der Waals surface area contributed by atoms with E-state index in [9.17, 15) is 4.79 Å². The second kappa shape index (κ2) is 7.79. The molecule has 0 aromatic heterocycles. The van der Waals surface area contributed by atoms with E-state index in [0.29, 0.717) is 5.75 Å². The number of anilines is 1. The van der Waals surface area contributed by atoms with Crippen LogP contribution in [0.1, 0.15) is 16.7 Å². The van der Waals surface area contributed by atoms with E-state index in [1.165, 1.54) is 11.6 Å². The van der Waals surface area contributed by atoms with Crippen LogP contribution in [0.5, 0.6) is 11.5 Å². The predicted octanol–water partition coefficient (Wildman–Crippen LogP) is 4.66.